The molecule has 0 aliphatic heterocycles. The minimum Gasteiger partial charge on any atom is -0.306 e. The van der Waals surface area contributed by atoms with Gasteiger partial charge in [0.25, 0.3) is 0 Å². The van der Waals surface area contributed by atoms with Crippen LogP contribution < -0.4 is 5.32 Å². The maximum Gasteiger partial charge on any atom is 0.0297 e. The van der Waals surface area contributed by atoms with E-state index >= 15 is 0 Å². The monoisotopic (exact) mass is 245 g/mol. The van der Waals surface area contributed by atoms with Gasteiger partial charge in [-0.25, -0.2) is 0 Å². The average Bonchev–Trinajstić information content (AvgIpc) is 2.72. The molecule has 0 spiro atoms. The Kier molecular flexibility index (Phi) is 3.97. The molecule has 0 aliphatic rings. The minimum absolute atomic E-state index is 0.399. The number of hydrogen-bond acceptors (Lipinski definition) is 2. The van der Waals surface area contributed by atoms with E-state index in [1.54, 1.807) is 11.3 Å². The van der Waals surface area contributed by atoms with Crippen molar-refractivity contribution in [2.45, 2.75) is 33.4 Å². The summed E-state index contributed by atoms with van der Waals surface area (Å²) in [6.07, 6.45) is 0. The van der Waals surface area contributed by atoms with E-state index in [1.807, 2.05) is 0 Å². The number of nitrogens with one attached hydrogen (secondary N) is 1. The first-order valence-electron chi connectivity index (χ1n) is 5.99. The second-order valence-corrected chi connectivity index (χ2v) is 5.28. The molecule has 0 saturated carbocycles. The Labute approximate surface area is 108 Å². The van der Waals surface area contributed by atoms with Crippen LogP contribution in [0.25, 0.3) is 0 Å². The van der Waals surface area contributed by atoms with Crippen LogP contribution in [0.15, 0.2) is 35.0 Å². The Hall–Kier alpha value is -1.12. The number of aryl methyl sites for hydroxylation is 2. The molecule has 1 atom stereocenters. The molecule has 0 radical (unpaired) electrons. The summed E-state index contributed by atoms with van der Waals surface area (Å²) < 4.78 is 0. The van der Waals surface area contributed by atoms with Crippen molar-refractivity contribution in [1.29, 1.82) is 0 Å². The topological polar surface area (TPSA) is 12.0 Å². The van der Waals surface area contributed by atoms with Gasteiger partial charge in [0.15, 0.2) is 0 Å². The van der Waals surface area contributed by atoms with E-state index < -0.39 is 0 Å². The van der Waals surface area contributed by atoms with Crippen molar-refractivity contribution in [2.75, 3.05) is 0 Å². The summed E-state index contributed by atoms with van der Waals surface area (Å²) in [4.78, 5) is 0. The number of rotatable bonds is 4. The van der Waals surface area contributed by atoms with Gasteiger partial charge in [-0.3, -0.25) is 0 Å². The highest BCUT2D eigenvalue weighted by atomic mass is 32.1. The van der Waals surface area contributed by atoms with Crippen LogP contribution in [0.4, 0.5) is 0 Å². The number of benzene rings is 1. The molecule has 1 heterocycles. The first-order chi connectivity index (χ1) is 8.18. The molecule has 2 rings (SSSR count). The lowest BCUT2D eigenvalue weighted by molar-refractivity contribution is 0.572. The van der Waals surface area contributed by atoms with Crippen molar-refractivity contribution in [3.8, 4) is 0 Å². The van der Waals surface area contributed by atoms with Gasteiger partial charge in [0.2, 0.25) is 0 Å². The van der Waals surface area contributed by atoms with E-state index in [9.17, 15) is 0 Å². The first-order valence-corrected chi connectivity index (χ1v) is 6.93. The second-order valence-electron chi connectivity index (χ2n) is 4.54. The molecule has 2 heteroatoms. The highest BCUT2D eigenvalue weighted by Crippen LogP contribution is 2.19. The van der Waals surface area contributed by atoms with Gasteiger partial charge in [-0.05, 0) is 53.8 Å². The lowest BCUT2D eigenvalue weighted by Crippen LogP contribution is -2.18. The predicted octanol–water partition coefficient (Wildman–Crippen LogP) is 4.22. The van der Waals surface area contributed by atoms with Crippen LogP contribution in [0, 0.1) is 13.8 Å². The van der Waals surface area contributed by atoms with Crippen LogP contribution in [0.2, 0.25) is 0 Å². The summed E-state index contributed by atoms with van der Waals surface area (Å²) in [5.74, 6) is 0. The van der Waals surface area contributed by atoms with Gasteiger partial charge in [0.05, 0.1) is 0 Å². The molecule has 90 valence electrons. The quantitative estimate of drug-likeness (QED) is 0.850. The summed E-state index contributed by atoms with van der Waals surface area (Å²) in [5, 5.41) is 8.02. The third-order valence-electron chi connectivity index (χ3n) is 3.22. The Bertz CT molecular complexity index is 487. The normalized spacial score (nSPS) is 12.6. The van der Waals surface area contributed by atoms with E-state index in [0.717, 1.165) is 6.54 Å². The van der Waals surface area contributed by atoms with E-state index in [1.165, 1.54) is 22.3 Å². The van der Waals surface area contributed by atoms with Gasteiger partial charge < -0.3 is 5.32 Å². The smallest absolute Gasteiger partial charge is 0.0297 e. The Morgan fingerprint density at radius 2 is 1.88 bits per heavy atom. The van der Waals surface area contributed by atoms with Gasteiger partial charge in [-0.1, -0.05) is 24.3 Å². The fourth-order valence-corrected chi connectivity index (χ4v) is 2.87. The van der Waals surface area contributed by atoms with E-state index in [2.05, 4.69) is 61.1 Å². The van der Waals surface area contributed by atoms with Crippen molar-refractivity contribution in [3.63, 3.8) is 0 Å². The SMILES string of the molecule is Cc1cscc1CNC(C)c1ccccc1C. The molecular formula is C15H19NS. The molecule has 0 fully saturated rings. The van der Waals surface area contributed by atoms with E-state index in [4.69, 9.17) is 0 Å². The van der Waals surface area contributed by atoms with Gasteiger partial charge in [0, 0.05) is 12.6 Å². The third kappa shape index (κ3) is 2.96. The van der Waals surface area contributed by atoms with Crippen LogP contribution in [0.5, 0.6) is 0 Å². The van der Waals surface area contributed by atoms with Crippen molar-refractivity contribution < 1.29 is 0 Å². The molecule has 17 heavy (non-hydrogen) atoms. The lowest BCUT2D eigenvalue weighted by atomic mass is 10.0. The molecule has 0 saturated heterocycles. The third-order valence-corrected chi connectivity index (χ3v) is 4.13. The van der Waals surface area contributed by atoms with Crippen molar-refractivity contribution in [3.05, 3.63) is 57.3 Å². The zero-order valence-electron chi connectivity index (χ0n) is 10.7. The largest absolute Gasteiger partial charge is 0.306 e. The molecule has 0 bridgehead atoms. The van der Waals surface area contributed by atoms with E-state index in [-0.39, 0.29) is 0 Å². The zero-order chi connectivity index (χ0) is 12.3. The summed E-state index contributed by atoms with van der Waals surface area (Å²) in [6, 6.07) is 8.97. The zero-order valence-corrected chi connectivity index (χ0v) is 11.5. The van der Waals surface area contributed by atoms with Crippen molar-refractivity contribution in [2.24, 2.45) is 0 Å². The Morgan fingerprint density at radius 3 is 2.53 bits per heavy atom. The summed E-state index contributed by atoms with van der Waals surface area (Å²) in [6.45, 7) is 7.52. The van der Waals surface area contributed by atoms with Gasteiger partial charge in [-0.15, -0.1) is 0 Å². The second kappa shape index (κ2) is 5.48. The Morgan fingerprint density at radius 1 is 1.12 bits per heavy atom. The fraction of sp³-hybridized carbons (Fsp3) is 0.333. The summed E-state index contributed by atoms with van der Waals surface area (Å²) in [5.41, 5.74) is 5.55. The minimum atomic E-state index is 0.399. The number of hydrogen-bond donors (Lipinski definition) is 1. The van der Waals surface area contributed by atoms with Gasteiger partial charge >= 0.3 is 0 Å². The Balaban J connectivity index is 2.01. The van der Waals surface area contributed by atoms with Gasteiger partial charge in [-0.2, -0.15) is 11.3 Å². The highest BCUT2D eigenvalue weighted by molar-refractivity contribution is 7.08. The fourth-order valence-electron chi connectivity index (χ4n) is 2.01. The van der Waals surface area contributed by atoms with Crippen LogP contribution in [-0.2, 0) is 6.54 Å². The molecular weight excluding hydrogens is 226 g/mol. The van der Waals surface area contributed by atoms with Crippen LogP contribution in [0.1, 0.15) is 35.2 Å². The van der Waals surface area contributed by atoms with E-state index in [0.29, 0.717) is 6.04 Å². The number of thiophene rings is 1. The molecule has 1 aromatic heterocycles. The summed E-state index contributed by atoms with van der Waals surface area (Å²) in [7, 11) is 0. The molecule has 0 amide bonds. The van der Waals surface area contributed by atoms with Gasteiger partial charge in [0.1, 0.15) is 0 Å². The van der Waals surface area contributed by atoms with Crippen molar-refractivity contribution >= 4 is 11.3 Å². The standard InChI is InChI=1S/C15H19NS/c1-11-6-4-5-7-15(11)13(3)16-8-14-10-17-9-12(14)2/h4-7,9-10,13,16H,8H2,1-3H3. The van der Waals surface area contributed by atoms with Crippen LogP contribution in [-0.4, -0.2) is 0 Å². The maximum absolute atomic E-state index is 3.59. The highest BCUT2D eigenvalue weighted by Gasteiger charge is 2.07. The molecule has 1 nitrogen and oxygen atoms in total. The molecule has 1 aromatic carbocycles. The average molecular weight is 245 g/mol. The maximum atomic E-state index is 3.59. The van der Waals surface area contributed by atoms with Crippen LogP contribution >= 0.6 is 11.3 Å². The van der Waals surface area contributed by atoms with Crippen LogP contribution in [0.3, 0.4) is 0 Å². The molecule has 0 aliphatic carbocycles. The molecule has 1 N–H and O–H groups in total. The first kappa shape index (κ1) is 12.3. The predicted molar refractivity (Wildman–Crippen MR) is 75.5 cm³/mol. The lowest BCUT2D eigenvalue weighted by Gasteiger charge is -2.16. The molecule has 1 unspecified atom stereocenters. The summed E-state index contributed by atoms with van der Waals surface area (Å²) >= 11 is 1.78. The van der Waals surface area contributed by atoms with Crippen molar-refractivity contribution in [1.82, 2.24) is 5.32 Å². The molecule has 2 aromatic rings.